The van der Waals surface area contributed by atoms with Crippen LogP contribution in [0.1, 0.15) is 11.3 Å². The van der Waals surface area contributed by atoms with Crippen LogP contribution in [0.4, 0.5) is 0 Å². The van der Waals surface area contributed by atoms with E-state index in [0.717, 1.165) is 10.0 Å². The Bertz CT molecular complexity index is 505. The predicted octanol–water partition coefficient (Wildman–Crippen LogP) is 2.73. The molecule has 0 atom stereocenters. The second kappa shape index (κ2) is 3.96. The Balaban J connectivity index is 2.81. The number of nitrogens with one attached hydrogen (secondary N) is 1. The SMILES string of the molecule is Cc1c(CNO)c2cccc(Br)c2n1C. The molecule has 0 spiro atoms. The standard InChI is InChI=1S/C11H13BrN2O/c1-7-9(6-13-15)8-4-3-5-10(12)11(8)14(7)2/h3-5,13,15H,6H2,1-2H3. The number of nitrogens with zero attached hydrogens (tertiary/aromatic N) is 1. The van der Waals surface area contributed by atoms with Crippen LogP contribution in [0.3, 0.4) is 0 Å². The molecule has 0 saturated carbocycles. The van der Waals surface area contributed by atoms with E-state index in [1.807, 2.05) is 19.2 Å². The molecule has 15 heavy (non-hydrogen) atoms. The summed E-state index contributed by atoms with van der Waals surface area (Å²) >= 11 is 3.54. The van der Waals surface area contributed by atoms with Crippen molar-refractivity contribution in [2.24, 2.45) is 7.05 Å². The maximum Gasteiger partial charge on any atom is 0.0627 e. The van der Waals surface area contributed by atoms with Gasteiger partial charge < -0.3 is 9.77 Å². The summed E-state index contributed by atoms with van der Waals surface area (Å²) in [4.78, 5) is 0. The molecule has 0 aliphatic heterocycles. The molecule has 0 aliphatic carbocycles. The minimum atomic E-state index is 0.472. The first-order valence-corrected chi connectivity index (χ1v) is 5.55. The van der Waals surface area contributed by atoms with E-state index in [0.29, 0.717) is 6.54 Å². The summed E-state index contributed by atoms with van der Waals surface area (Å²) in [5.74, 6) is 0. The van der Waals surface area contributed by atoms with Crippen molar-refractivity contribution in [3.05, 3.63) is 33.9 Å². The van der Waals surface area contributed by atoms with Crippen molar-refractivity contribution in [1.82, 2.24) is 10.0 Å². The molecule has 0 unspecified atom stereocenters. The monoisotopic (exact) mass is 268 g/mol. The average molecular weight is 269 g/mol. The van der Waals surface area contributed by atoms with Crippen molar-refractivity contribution in [3.8, 4) is 0 Å². The lowest BCUT2D eigenvalue weighted by atomic mass is 10.1. The van der Waals surface area contributed by atoms with Crippen molar-refractivity contribution >= 4 is 26.8 Å². The van der Waals surface area contributed by atoms with E-state index in [4.69, 9.17) is 5.21 Å². The number of benzene rings is 1. The third-order valence-electron chi connectivity index (χ3n) is 2.84. The molecule has 2 rings (SSSR count). The lowest BCUT2D eigenvalue weighted by Crippen LogP contribution is -2.07. The van der Waals surface area contributed by atoms with Crippen LogP contribution in [0.2, 0.25) is 0 Å². The third-order valence-corrected chi connectivity index (χ3v) is 3.48. The van der Waals surface area contributed by atoms with E-state index in [9.17, 15) is 0 Å². The number of aromatic nitrogens is 1. The van der Waals surface area contributed by atoms with Gasteiger partial charge in [0.25, 0.3) is 0 Å². The van der Waals surface area contributed by atoms with Crippen molar-refractivity contribution in [2.75, 3.05) is 0 Å². The van der Waals surface area contributed by atoms with Gasteiger partial charge in [0.05, 0.1) is 5.52 Å². The highest BCUT2D eigenvalue weighted by Gasteiger charge is 2.12. The smallest absolute Gasteiger partial charge is 0.0627 e. The summed E-state index contributed by atoms with van der Waals surface area (Å²) in [5, 5.41) is 9.98. The van der Waals surface area contributed by atoms with Crippen LogP contribution in [0, 0.1) is 6.92 Å². The molecule has 1 aromatic carbocycles. The Labute approximate surface area is 96.8 Å². The molecule has 0 amide bonds. The highest BCUT2D eigenvalue weighted by atomic mass is 79.9. The van der Waals surface area contributed by atoms with Crippen LogP contribution in [0.25, 0.3) is 10.9 Å². The molecule has 1 aromatic heterocycles. The summed E-state index contributed by atoms with van der Waals surface area (Å²) in [6.45, 7) is 2.53. The first kappa shape index (κ1) is 10.7. The summed E-state index contributed by atoms with van der Waals surface area (Å²) < 4.78 is 3.21. The molecule has 0 bridgehead atoms. The zero-order chi connectivity index (χ0) is 11.0. The fourth-order valence-electron chi connectivity index (χ4n) is 1.97. The second-order valence-corrected chi connectivity index (χ2v) is 4.45. The lowest BCUT2D eigenvalue weighted by Gasteiger charge is -2.00. The molecule has 0 aliphatic rings. The number of fused-ring (bicyclic) bond motifs is 1. The van der Waals surface area contributed by atoms with Crippen LogP contribution in [-0.4, -0.2) is 9.77 Å². The second-order valence-electron chi connectivity index (χ2n) is 3.59. The molecular formula is C11H13BrN2O. The Kier molecular flexibility index (Phi) is 2.82. The average Bonchev–Trinajstić information content (AvgIpc) is 2.45. The fraction of sp³-hybridized carbons (Fsp3) is 0.273. The van der Waals surface area contributed by atoms with Gasteiger partial charge in [-0.25, -0.2) is 5.48 Å². The third kappa shape index (κ3) is 1.58. The van der Waals surface area contributed by atoms with E-state index in [2.05, 4.69) is 39.0 Å². The summed E-state index contributed by atoms with van der Waals surface area (Å²) in [6, 6.07) is 6.10. The highest BCUT2D eigenvalue weighted by Crippen LogP contribution is 2.30. The lowest BCUT2D eigenvalue weighted by molar-refractivity contribution is 0.161. The maximum atomic E-state index is 8.81. The van der Waals surface area contributed by atoms with Crippen molar-refractivity contribution in [2.45, 2.75) is 13.5 Å². The van der Waals surface area contributed by atoms with Crippen molar-refractivity contribution in [3.63, 3.8) is 0 Å². The fourth-order valence-corrected chi connectivity index (χ4v) is 2.60. The normalized spacial score (nSPS) is 11.2. The van der Waals surface area contributed by atoms with Crippen molar-refractivity contribution < 1.29 is 5.21 Å². The van der Waals surface area contributed by atoms with E-state index < -0.39 is 0 Å². The number of hydroxylamine groups is 1. The molecule has 0 fully saturated rings. The number of hydrogen-bond acceptors (Lipinski definition) is 2. The number of aryl methyl sites for hydroxylation is 1. The molecule has 3 nitrogen and oxygen atoms in total. The van der Waals surface area contributed by atoms with Gasteiger partial charge in [0.1, 0.15) is 0 Å². The zero-order valence-corrected chi connectivity index (χ0v) is 10.3. The Morgan fingerprint density at radius 1 is 1.47 bits per heavy atom. The van der Waals surface area contributed by atoms with E-state index in [1.165, 1.54) is 16.6 Å². The molecule has 2 N–H and O–H groups in total. The van der Waals surface area contributed by atoms with E-state index in [1.54, 1.807) is 0 Å². The summed E-state index contributed by atoms with van der Waals surface area (Å²) in [6.07, 6.45) is 0. The number of rotatable bonds is 2. The predicted molar refractivity (Wildman–Crippen MR) is 64.0 cm³/mol. The minimum Gasteiger partial charge on any atom is -0.347 e. The Morgan fingerprint density at radius 3 is 2.87 bits per heavy atom. The van der Waals surface area contributed by atoms with Crippen LogP contribution >= 0.6 is 15.9 Å². The number of hydrogen-bond donors (Lipinski definition) is 2. The molecule has 80 valence electrons. The Hall–Kier alpha value is -0.840. The van der Waals surface area contributed by atoms with Gasteiger partial charge in [-0.3, -0.25) is 0 Å². The molecule has 2 aromatic rings. The quantitative estimate of drug-likeness (QED) is 0.822. The first-order valence-electron chi connectivity index (χ1n) is 4.76. The maximum absolute atomic E-state index is 8.81. The molecule has 0 saturated heterocycles. The summed E-state index contributed by atoms with van der Waals surface area (Å²) in [5.41, 5.74) is 5.69. The van der Waals surface area contributed by atoms with Gasteiger partial charge in [0.2, 0.25) is 0 Å². The van der Waals surface area contributed by atoms with Gasteiger partial charge in [0, 0.05) is 29.1 Å². The number of halogens is 1. The van der Waals surface area contributed by atoms with Crippen LogP contribution < -0.4 is 5.48 Å². The van der Waals surface area contributed by atoms with Gasteiger partial charge in [-0.1, -0.05) is 12.1 Å². The topological polar surface area (TPSA) is 37.2 Å². The molecule has 1 heterocycles. The van der Waals surface area contributed by atoms with Crippen LogP contribution in [0.15, 0.2) is 22.7 Å². The largest absolute Gasteiger partial charge is 0.347 e. The Morgan fingerprint density at radius 2 is 2.20 bits per heavy atom. The van der Waals surface area contributed by atoms with Gasteiger partial charge in [-0.2, -0.15) is 0 Å². The van der Waals surface area contributed by atoms with E-state index in [-0.39, 0.29) is 0 Å². The summed E-state index contributed by atoms with van der Waals surface area (Å²) in [7, 11) is 2.03. The zero-order valence-electron chi connectivity index (χ0n) is 8.71. The van der Waals surface area contributed by atoms with Crippen molar-refractivity contribution in [1.29, 1.82) is 0 Å². The van der Waals surface area contributed by atoms with Crippen LogP contribution in [0.5, 0.6) is 0 Å². The minimum absolute atomic E-state index is 0.472. The molecule has 4 heteroatoms. The van der Waals surface area contributed by atoms with Gasteiger partial charge in [0.15, 0.2) is 0 Å². The van der Waals surface area contributed by atoms with Gasteiger partial charge in [-0.15, -0.1) is 0 Å². The van der Waals surface area contributed by atoms with Gasteiger partial charge in [-0.05, 0) is 34.5 Å². The van der Waals surface area contributed by atoms with E-state index >= 15 is 0 Å². The molecular weight excluding hydrogens is 256 g/mol. The van der Waals surface area contributed by atoms with Gasteiger partial charge >= 0.3 is 0 Å². The number of para-hydroxylation sites is 1. The first-order chi connectivity index (χ1) is 7.16. The molecule has 0 radical (unpaired) electrons. The van der Waals surface area contributed by atoms with Crippen LogP contribution in [-0.2, 0) is 13.6 Å². The highest BCUT2D eigenvalue weighted by molar-refractivity contribution is 9.10.